The van der Waals surface area contributed by atoms with E-state index in [1.54, 1.807) is 14.2 Å². The van der Waals surface area contributed by atoms with Gasteiger partial charge in [0.1, 0.15) is 18.1 Å². The van der Waals surface area contributed by atoms with Crippen molar-refractivity contribution in [2.24, 2.45) is 11.8 Å². The maximum Gasteiger partial charge on any atom is 0.223 e. The third-order valence-corrected chi connectivity index (χ3v) is 8.52. The number of piperidine rings is 1. The van der Waals surface area contributed by atoms with Gasteiger partial charge in [0.25, 0.3) is 0 Å². The van der Waals surface area contributed by atoms with Crippen LogP contribution in [0.2, 0.25) is 0 Å². The Morgan fingerprint density at radius 1 is 1.07 bits per heavy atom. The number of methoxy groups -OCH3 is 2. The fourth-order valence-electron chi connectivity index (χ4n) is 6.22. The summed E-state index contributed by atoms with van der Waals surface area (Å²) in [6, 6.07) is 14.6. The van der Waals surface area contributed by atoms with Crippen molar-refractivity contribution in [2.75, 3.05) is 78.3 Å². The summed E-state index contributed by atoms with van der Waals surface area (Å²) < 4.78 is 28.7. The van der Waals surface area contributed by atoms with Crippen LogP contribution in [0.1, 0.15) is 36.3 Å². The first-order valence-corrected chi connectivity index (χ1v) is 15.0. The molecule has 3 heterocycles. The average Bonchev–Trinajstić information content (AvgIpc) is 3.03. The van der Waals surface area contributed by atoms with Gasteiger partial charge in [-0.15, -0.1) is 0 Å². The molecule has 41 heavy (non-hydrogen) atoms. The van der Waals surface area contributed by atoms with E-state index in [2.05, 4.69) is 45.9 Å². The van der Waals surface area contributed by atoms with E-state index in [9.17, 15) is 4.79 Å². The minimum Gasteiger partial charge on any atom is -0.497 e. The molecule has 0 aromatic heterocycles. The van der Waals surface area contributed by atoms with Crippen molar-refractivity contribution in [1.29, 1.82) is 0 Å². The van der Waals surface area contributed by atoms with Gasteiger partial charge in [-0.25, -0.2) is 0 Å². The first-order chi connectivity index (χ1) is 20.2. The summed E-state index contributed by atoms with van der Waals surface area (Å²) in [4.78, 5) is 15.3. The smallest absolute Gasteiger partial charge is 0.223 e. The van der Waals surface area contributed by atoms with E-state index in [-0.39, 0.29) is 29.8 Å². The molecule has 2 N–H and O–H groups in total. The highest BCUT2D eigenvalue weighted by Gasteiger charge is 2.36. The number of amides is 1. The van der Waals surface area contributed by atoms with Gasteiger partial charge < -0.3 is 39.2 Å². The van der Waals surface area contributed by atoms with Crippen molar-refractivity contribution < 1.29 is 28.5 Å². The van der Waals surface area contributed by atoms with Crippen molar-refractivity contribution in [3.05, 3.63) is 53.6 Å². The van der Waals surface area contributed by atoms with Crippen LogP contribution in [-0.2, 0) is 25.6 Å². The molecule has 5 rings (SSSR count). The van der Waals surface area contributed by atoms with Crippen LogP contribution >= 0.6 is 0 Å². The minimum absolute atomic E-state index is 0.0360. The minimum atomic E-state index is -0.0489. The van der Waals surface area contributed by atoms with Crippen LogP contribution in [0.4, 0.5) is 5.69 Å². The molecule has 0 radical (unpaired) electrons. The van der Waals surface area contributed by atoms with Crippen molar-refractivity contribution in [2.45, 2.75) is 37.9 Å². The second-order valence-corrected chi connectivity index (χ2v) is 11.2. The van der Waals surface area contributed by atoms with E-state index >= 15 is 0 Å². The van der Waals surface area contributed by atoms with E-state index in [4.69, 9.17) is 23.7 Å². The Bertz CT molecular complexity index is 1110. The van der Waals surface area contributed by atoms with Gasteiger partial charge in [-0.05, 0) is 60.6 Å². The Hall–Kier alpha value is -2.85. The number of benzene rings is 2. The van der Waals surface area contributed by atoms with Crippen molar-refractivity contribution in [3.63, 3.8) is 0 Å². The molecule has 9 nitrogen and oxygen atoms in total. The van der Waals surface area contributed by atoms with E-state index < -0.39 is 0 Å². The number of ether oxygens (including phenoxy) is 5. The molecule has 224 valence electrons. The number of hydrogen-bond donors (Lipinski definition) is 2. The number of nitrogens with one attached hydrogen (secondary N) is 2. The van der Waals surface area contributed by atoms with Crippen LogP contribution < -0.4 is 25.0 Å². The number of hydrogen-bond acceptors (Lipinski definition) is 8. The summed E-state index contributed by atoms with van der Waals surface area (Å²) >= 11 is 0. The number of nitrogens with zero attached hydrogens (tertiary/aromatic N) is 1. The van der Waals surface area contributed by atoms with Gasteiger partial charge in [-0.3, -0.25) is 4.79 Å². The van der Waals surface area contributed by atoms with Crippen molar-refractivity contribution in [3.8, 4) is 11.5 Å². The number of rotatable bonds is 12. The van der Waals surface area contributed by atoms with Crippen LogP contribution in [0.3, 0.4) is 0 Å². The predicted octanol–water partition coefficient (Wildman–Crippen LogP) is 3.36. The Morgan fingerprint density at radius 2 is 1.90 bits per heavy atom. The van der Waals surface area contributed by atoms with Crippen molar-refractivity contribution >= 4 is 11.6 Å². The van der Waals surface area contributed by atoms with Gasteiger partial charge in [0.05, 0.1) is 32.1 Å². The zero-order valence-electron chi connectivity index (χ0n) is 24.4. The Morgan fingerprint density at radius 3 is 2.68 bits per heavy atom. The topological polar surface area (TPSA) is 90.5 Å². The van der Waals surface area contributed by atoms with E-state index in [1.165, 1.54) is 5.56 Å². The molecule has 0 saturated carbocycles. The monoisotopic (exact) mass is 567 g/mol. The van der Waals surface area contributed by atoms with Gasteiger partial charge in [0.2, 0.25) is 5.91 Å². The zero-order chi connectivity index (χ0) is 28.4. The van der Waals surface area contributed by atoms with Gasteiger partial charge in [-0.1, -0.05) is 18.2 Å². The maximum atomic E-state index is 12.9. The summed E-state index contributed by atoms with van der Waals surface area (Å²) in [5.41, 5.74) is 3.44. The average molecular weight is 568 g/mol. The molecule has 3 aliphatic heterocycles. The van der Waals surface area contributed by atoms with E-state index in [1.807, 2.05) is 12.1 Å². The second kappa shape index (κ2) is 14.9. The maximum absolute atomic E-state index is 12.9. The third kappa shape index (κ3) is 7.71. The van der Waals surface area contributed by atoms with Crippen LogP contribution in [0.5, 0.6) is 11.5 Å². The highest BCUT2D eigenvalue weighted by Crippen LogP contribution is 2.36. The molecule has 2 aromatic carbocycles. The molecular formula is C32H45N3O6. The normalized spacial score (nSPS) is 23.0. The molecular weight excluding hydrogens is 522 g/mol. The first-order valence-electron chi connectivity index (χ1n) is 15.0. The van der Waals surface area contributed by atoms with Crippen LogP contribution in [0.15, 0.2) is 42.5 Å². The molecule has 0 bridgehead atoms. The lowest BCUT2D eigenvalue weighted by atomic mass is 9.79. The molecule has 9 heteroatoms. The third-order valence-electron chi connectivity index (χ3n) is 8.52. The lowest BCUT2D eigenvalue weighted by molar-refractivity contribution is -0.128. The lowest BCUT2D eigenvalue weighted by Crippen LogP contribution is -2.50. The summed E-state index contributed by atoms with van der Waals surface area (Å²) in [6.45, 7) is 7.23. The second-order valence-electron chi connectivity index (χ2n) is 11.2. The Kier molecular flexibility index (Phi) is 10.7. The number of carbonyl (C=O) groups excluding carboxylic acids is 1. The molecule has 1 amide bonds. The quantitative estimate of drug-likeness (QED) is 0.378. The van der Waals surface area contributed by atoms with E-state index in [0.29, 0.717) is 33.0 Å². The van der Waals surface area contributed by atoms with Gasteiger partial charge in [0, 0.05) is 64.9 Å². The fourth-order valence-corrected chi connectivity index (χ4v) is 6.22. The number of fused-ring (bicyclic) bond motifs is 1. The van der Waals surface area contributed by atoms with E-state index in [0.717, 1.165) is 74.8 Å². The lowest BCUT2D eigenvalue weighted by Gasteiger charge is -2.39. The van der Waals surface area contributed by atoms with Crippen molar-refractivity contribution in [1.82, 2.24) is 10.6 Å². The van der Waals surface area contributed by atoms with Gasteiger partial charge in [0.15, 0.2) is 0 Å². The molecule has 2 aromatic rings. The summed E-state index contributed by atoms with van der Waals surface area (Å²) in [5, 5.41) is 6.83. The predicted molar refractivity (Wildman–Crippen MR) is 158 cm³/mol. The molecule has 3 atom stereocenters. The SMILES string of the molecule is COCCCN1CCOc2ccc(CO[C@H]3CNC[C@@H](CNC(=O)C4CCOCC4)[C@@H]3c3ccc(OC)cc3)cc21. The summed E-state index contributed by atoms with van der Waals surface area (Å²) in [6.07, 6.45) is 2.50. The highest BCUT2D eigenvalue weighted by molar-refractivity contribution is 5.78. The standard InChI is InChI=1S/C32H45N3O6/c1-37-14-3-12-35-13-17-40-29-9-4-23(18-28(29)35)22-41-30-21-33-19-26(20-34-32(36)25-10-15-39-16-11-25)31(30)24-5-7-27(38-2)8-6-24/h4-9,18,25-26,30-31,33H,3,10-17,19-22H2,1-2H3,(H,34,36)/t26-,30-,31-/m0/s1. The molecule has 0 spiro atoms. The zero-order valence-corrected chi connectivity index (χ0v) is 24.4. The molecule has 0 aliphatic carbocycles. The molecule has 2 fully saturated rings. The number of anilines is 1. The Labute approximate surface area is 243 Å². The fraction of sp³-hybridized carbons (Fsp3) is 0.594. The summed E-state index contributed by atoms with van der Waals surface area (Å²) in [5.74, 6) is 2.25. The van der Waals surface area contributed by atoms with Gasteiger partial charge in [-0.2, -0.15) is 0 Å². The molecule has 3 aliphatic rings. The largest absolute Gasteiger partial charge is 0.497 e. The summed E-state index contributed by atoms with van der Waals surface area (Å²) in [7, 11) is 3.43. The van der Waals surface area contributed by atoms with Crippen LogP contribution in [0.25, 0.3) is 0 Å². The highest BCUT2D eigenvalue weighted by atomic mass is 16.5. The van der Waals surface area contributed by atoms with Crippen LogP contribution in [0, 0.1) is 11.8 Å². The Balaban J connectivity index is 1.28. The molecule has 2 saturated heterocycles. The molecule has 0 unspecified atom stereocenters. The first kappa shape index (κ1) is 29.6. The van der Waals surface area contributed by atoms with Gasteiger partial charge >= 0.3 is 0 Å². The number of carbonyl (C=O) groups is 1. The van der Waals surface area contributed by atoms with Crippen LogP contribution in [-0.4, -0.2) is 85.4 Å².